The second-order valence-corrected chi connectivity index (χ2v) is 6.40. The van der Waals surface area contributed by atoms with Gasteiger partial charge in [-0.1, -0.05) is 0 Å². The van der Waals surface area contributed by atoms with Gasteiger partial charge >= 0.3 is 0 Å². The van der Waals surface area contributed by atoms with Gasteiger partial charge in [0.1, 0.15) is 5.75 Å². The topological polar surface area (TPSA) is 47.7 Å². The minimum absolute atomic E-state index is 0.197. The Morgan fingerprint density at radius 3 is 2.26 bits per heavy atom. The van der Waals surface area contributed by atoms with Crippen LogP contribution in [0.2, 0.25) is 0 Å². The van der Waals surface area contributed by atoms with Crippen molar-refractivity contribution >= 4 is 11.4 Å². The Morgan fingerprint density at radius 1 is 1.16 bits per heavy atom. The van der Waals surface area contributed by atoms with Crippen molar-refractivity contribution in [3.05, 3.63) is 18.2 Å². The first-order chi connectivity index (χ1) is 8.72. The molecule has 1 saturated heterocycles. The molecular weight excluding hydrogens is 240 g/mol. The standard InChI is InChI=1S/C15H24N2O2/c1-14(2)9-17(10-15(3,4)19-14)13-8-11(18-5)6-7-12(13)16/h6-8H,9-10,16H2,1-5H3. The number of nitrogens with zero attached hydrogens (tertiary/aromatic N) is 1. The first-order valence-electron chi connectivity index (χ1n) is 6.61. The maximum Gasteiger partial charge on any atom is 0.121 e. The van der Waals surface area contributed by atoms with Gasteiger partial charge in [0.25, 0.3) is 0 Å². The van der Waals surface area contributed by atoms with Crippen LogP contribution in [0.5, 0.6) is 5.75 Å². The molecule has 0 aliphatic carbocycles. The summed E-state index contributed by atoms with van der Waals surface area (Å²) in [5.74, 6) is 0.825. The van der Waals surface area contributed by atoms with Gasteiger partial charge in [-0.05, 0) is 39.8 Å². The van der Waals surface area contributed by atoms with Gasteiger partial charge in [-0.15, -0.1) is 0 Å². The van der Waals surface area contributed by atoms with Crippen molar-refractivity contribution in [3.8, 4) is 5.75 Å². The van der Waals surface area contributed by atoms with Gasteiger partial charge in [0.15, 0.2) is 0 Å². The average Bonchev–Trinajstić information content (AvgIpc) is 2.25. The molecule has 0 bridgehead atoms. The molecule has 1 aliphatic rings. The van der Waals surface area contributed by atoms with E-state index in [-0.39, 0.29) is 11.2 Å². The highest BCUT2D eigenvalue weighted by Gasteiger charge is 2.38. The normalized spacial score (nSPS) is 21.2. The number of rotatable bonds is 2. The summed E-state index contributed by atoms with van der Waals surface area (Å²) in [6.07, 6.45) is 0. The maximum atomic E-state index is 6.11. The summed E-state index contributed by atoms with van der Waals surface area (Å²) in [5.41, 5.74) is 7.51. The van der Waals surface area contributed by atoms with E-state index < -0.39 is 0 Å². The molecule has 1 fully saturated rings. The highest BCUT2D eigenvalue weighted by molar-refractivity contribution is 5.70. The van der Waals surface area contributed by atoms with E-state index in [1.807, 2.05) is 18.2 Å². The summed E-state index contributed by atoms with van der Waals surface area (Å²) >= 11 is 0. The minimum atomic E-state index is -0.197. The van der Waals surface area contributed by atoms with Crippen LogP contribution in [0.4, 0.5) is 11.4 Å². The summed E-state index contributed by atoms with van der Waals surface area (Å²) in [6, 6.07) is 5.77. The fraction of sp³-hybridized carbons (Fsp3) is 0.600. The minimum Gasteiger partial charge on any atom is -0.497 e. The van der Waals surface area contributed by atoms with Crippen molar-refractivity contribution in [2.24, 2.45) is 0 Å². The second kappa shape index (κ2) is 4.60. The van der Waals surface area contributed by atoms with Crippen molar-refractivity contribution in [3.63, 3.8) is 0 Å². The Balaban J connectivity index is 2.35. The number of anilines is 2. The quantitative estimate of drug-likeness (QED) is 0.834. The zero-order chi connectivity index (χ0) is 14.3. The highest BCUT2D eigenvalue weighted by atomic mass is 16.5. The van der Waals surface area contributed by atoms with E-state index >= 15 is 0 Å². The zero-order valence-corrected chi connectivity index (χ0v) is 12.5. The second-order valence-electron chi connectivity index (χ2n) is 6.40. The third kappa shape index (κ3) is 3.13. The first-order valence-corrected chi connectivity index (χ1v) is 6.61. The van der Waals surface area contributed by atoms with Crippen LogP contribution in [0.25, 0.3) is 0 Å². The fourth-order valence-electron chi connectivity index (χ4n) is 2.88. The fourth-order valence-corrected chi connectivity index (χ4v) is 2.88. The summed E-state index contributed by atoms with van der Waals surface area (Å²) in [4.78, 5) is 2.28. The molecule has 2 N–H and O–H groups in total. The number of hydrogen-bond donors (Lipinski definition) is 1. The van der Waals surface area contributed by atoms with Crippen molar-refractivity contribution < 1.29 is 9.47 Å². The van der Waals surface area contributed by atoms with E-state index in [4.69, 9.17) is 15.2 Å². The molecule has 0 spiro atoms. The van der Waals surface area contributed by atoms with E-state index in [1.54, 1.807) is 7.11 Å². The van der Waals surface area contributed by atoms with E-state index in [0.29, 0.717) is 0 Å². The molecule has 1 aromatic carbocycles. The van der Waals surface area contributed by atoms with Gasteiger partial charge < -0.3 is 20.1 Å². The van der Waals surface area contributed by atoms with Gasteiger partial charge in [-0.2, -0.15) is 0 Å². The Bertz CT molecular complexity index is 453. The van der Waals surface area contributed by atoms with Crippen molar-refractivity contribution in [2.75, 3.05) is 30.8 Å². The lowest BCUT2D eigenvalue weighted by molar-refractivity contribution is -0.133. The van der Waals surface area contributed by atoms with Crippen LogP contribution in [0.3, 0.4) is 0 Å². The predicted octanol–water partition coefficient (Wildman–Crippen LogP) is 2.67. The van der Waals surface area contributed by atoms with Crippen LogP contribution < -0.4 is 15.4 Å². The van der Waals surface area contributed by atoms with E-state index in [9.17, 15) is 0 Å². The Hall–Kier alpha value is -1.42. The van der Waals surface area contributed by atoms with Crippen molar-refractivity contribution in [1.29, 1.82) is 0 Å². The van der Waals surface area contributed by atoms with Gasteiger partial charge in [0.05, 0.1) is 29.7 Å². The number of methoxy groups -OCH3 is 1. The maximum absolute atomic E-state index is 6.11. The molecular formula is C15H24N2O2. The van der Waals surface area contributed by atoms with Crippen LogP contribution in [0.1, 0.15) is 27.7 Å². The number of ether oxygens (including phenoxy) is 2. The smallest absolute Gasteiger partial charge is 0.121 e. The largest absolute Gasteiger partial charge is 0.497 e. The third-order valence-corrected chi connectivity index (χ3v) is 3.27. The molecule has 4 heteroatoms. The molecule has 1 aliphatic heterocycles. The Labute approximate surface area is 115 Å². The molecule has 0 radical (unpaired) electrons. The van der Waals surface area contributed by atoms with Gasteiger partial charge in [-0.3, -0.25) is 0 Å². The predicted molar refractivity (Wildman–Crippen MR) is 78.9 cm³/mol. The molecule has 0 unspecified atom stereocenters. The molecule has 2 rings (SSSR count). The lowest BCUT2D eigenvalue weighted by Crippen LogP contribution is -2.57. The SMILES string of the molecule is COc1ccc(N)c(N2CC(C)(C)OC(C)(C)C2)c1. The summed E-state index contributed by atoms with van der Waals surface area (Å²) in [6.45, 7) is 10.1. The summed E-state index contributed by atoms with van der Waals surface area (Å²) in [5, 5.41) is 0. The monoisotopic (exact) mass is 264 g/mol. The van der Waals surface area contributed by atoms with E-state index in [0.717, 1.165) is 30.2 Å². The number of nitrogen functional groups attached to an aromatic ring is 1. The van der Waals surface area contributed by atoms with Crippen LogP contribution >= 0.6 is 0 Å². The lowest BCUT2D eigenvalue weighted by atomic mass is 9.98. The molecule has 106 valence electrons. The van der Waals surface area contributed by atoms with Crippen molar-refractivity contribution in [1.82, 2.24) is 0 Å². The molecule has 0 saturated carbocycles. The third-order valence-electron chi connectivity index (χ3n) is 3.27. The zero-order valence-electron chi connectivity index (χ0n) is 12.5. The average molecular weight is 264 g/mol. The number of benzene rings is 1. The molecule has 0 amide bonds. The molecule has 1 heterocycles. The summed E-state index contributed by atoms with van der Waals surface area (Å²) < 4.78 is 11.4. The molecule has 1 aromatic rings. The number of morpholine rings is 1. The highest BCUT2D eigenvalue weighted by Crippen LogP contribution is 2.35. The molecule has 19 heavy (non-hydrogen) atoms. The Morgan fingerprint density at radius 2 is 1.74 bits per heavy atom. The number of hydrogen-bond acceptors (Lipinski definition) is 4. The van der Waals surface area contributed by atoms with Gasteiger partial charge in [0.2, 0.25) is 0 Å². The van der Waals surface area contributed by atoms with Gasteiger partial charge in [0, 0.05) is 19.2 Å². The molecule has 0 aromatic heterocycles. The van der Waals surface area contributed by atoms with Gasteiger partial charge in [-0.25, -0.2) is 0 Å². The van der Waals surface area contributed by atoms with E-state index in [1.165, 1.54) is 0 Å². The first kappa shape index (κ1) is 14.0. The van der Waals surface area contributed by atoms with Crippen molar-refractivity contribution in [2.45, 2.75) is 38.9 Å². The van der Waals surface area contributed by atoms with Crippen LogP contribution in [0.15, 0.2) is 18.2 Å². The lowest BCUT2D eigenvalue weighted by Gasteiger charge is -2.48. The number of nitrogens with two attached hydrogens (primary N) is 1. The van der Waals surface area contributed by atoms with Crippen LogP contribution in [-0.2, 0) is 4.74 Å². The molecule has 0 atom stereocenters. The van der Waals surface area contributed by atoms with Crippen LogP contribution in [-0.4, -0.2) is 31.4 Å². The van der Waals surface area contributed by atoms with Crippen LogP contribution in [0, 0.1) is 0 Å². The summed E-state index contributed by atoms with van der Waals surface area (Å²) in [7, 11) is 1.67. The van der Waals surface area contributed by atoms with E-state index in [2.05, 4.69) is 32.6 Å². The Kier molecular flexibility index (Phi) is 3.39. The molecule has 4 nitrogen and oxygen atoms in total.